The van der Waals surface area contributed by atoms with Crippen LogP contribution in [0, 0.1) is 0 Å². The maximum atomic E-state index is 8.52. The normalized spacial score (nSPS) is 8.92. The minimum atomic E-state index is -5.17. The Morgan fingerprint density at radius 2 is 0.615 bits per heavy atom. The van der Waals surface area contributed by atoms with Crippen LogP contribution in [0.25, 0.3) is 0 Å². The van der Waals surface area contributed by atoms with Crippen LogP contribution in [0.15, 0.2) is 0 Å². The molecule has 0 N–H and O–H groups in total. The van der Waals surface area contributed by atoms with E-state index in [4.69, 9.17) is 35.0 Å². The van der Waals surface area contributed by atoms with Gasteiger partial charge in [-0.05, 0) is 0 Å². The van der Waals surface area contributed by atoms with Crippen LogP contribution in [0.3, 0.4) is 0 Å². The molecule has 8 nitrogen and oxygen atoms in total. The monoisotopic (exact) mass is 402 g/mol. The summed E-state index contributed by atoms with van der Waals surface area (Å²) in [5, 5.41) is 0. The first kappa shape index (κ1) is 30.6. The Kier molecular flexibility index (Phi) is 34.5. The second-order valence-electron chi connectivity index (χ2n) is 0.816. The minimum absolute atomic E-state index is 0. The first-order valence-corrected chi connectivity index (χ1v) is 4.00. The Hall–Kier alpha value is 4.61. The molecule has 0 heterocycles. The fraction of sp³-hybridized carbons (Fsp3) is 0. The van der Waals surface area contributed by atoms with E-state index in [1.165, 1.54) is 0 Å². The Morgan fingerprint density at radius 3 is 0.615 bits per heavy atom. The Bertz CT molecular complexity index is 217. The van der Waals surface area contributed by atoms with Gasteiger partial charge in [0.05, 0.1) is 0 Å². The zero-order valence-electron chi connectivity index (χ0n) is 6.79. The van der Waals surface area contributed by atoms with Crippen LogP contribution in [-0.4, -0.2) is 72.8 Å². The van der Waals surface area contributed by atoms with Crippen molar-refractivity contribution in [2.45, 2.75) is 0 Å². The summed E-state index contributed by atoms with van der Waals surface area (Å²) in [6.45, 7) is 0. The molecular formula is CaO8Rb2S2. The van der Waals surface area contributed by atoms with Gasteiger partial charge in [0.25, 0.3) is 0 Å². The van der Waals surface area contributed by atoms with Crippen LogP contribution in [0.5, 0.6) is 0 Å². The molecule has 0 aliphatic heterocycles. The van der Waals surface area contributed by atoms with E-state index in [-0.39, 0.29) is 154 Å². The van der Waals surface area contributed by atoms with Gasteiger partial charge in [0.2, 0.25) is 0 Å². The summed E-state index contributed by atoms with van der Waals surface area (Å²) >= 11 is 0. The maximum absolute atomic E-state index is 8.52. The van der Waals surface area contributed by atoms with E-state index in [0.29, 0.717) is 0 Å². The van der Waals surface area contributed by atoms with Crippen molar-refractivity contribution < 1.29 is 151 Å². The summed E-state index contributed by atoms with van der Waals surface area (Å²) in [7, 11) is -10.3. The second-order valence-corrected chi connectivity index (χ2v) is 2.45. The summed E-state index contributed by atoms with van der Waals surface area (Å²) in [5.74, 6) is 0. The van der Waals surface area contributed by atoms with Crippen molar-refractivity contribution in [2.24, 2.45) is 0 Å². The van der Waals surface area contributed by atoms with Crippen molar-refractivity contribution in [1.29, 1.82) is 0 Å². The van der Waals surface area contributed by atoms with Crippen LogP contribution in [0.2, 0.25) is 0 Å². The van der Waals surface area contributed by atoms with Crippen LogP contribution in [-0.2, 0) is 20.8 Å². The smallest absolute Gasteiger partial charge is 0.759 e. The van der Waals surface area contributed by atoms with Gasteiger partial charge in [-0.2, -0.15) is 0 Å². The van der Waals surface area contributed by atoms with E-state index in [9.17, 15) is 0 Å². The van der Waals surface area contributed by atoms with E-state index in [2.05, 4.69) is 0 Å². The zero-order chi connectivity index (χ0) is 9.00. The van der Waals surface area contributed by atoms with Gasteiger partial charge in [-0.15, -0.1) is 0 Å². The van der Waals surface area contributed by atoms with Crippen molar-refractivity contribution >= 4 is 58.5 Å². The third kappa shape index (κ3) is 167. The third-order valence-corrected chi connectivity index (χ3v) is 0. The van der Waals surface area contributed by atoms with Crippen molar-refractivity contribution in [3.05, 3.63) is 0 Å². The third-order valence-electron chi connectivity index (χ3n) is 0. The molecule has 64 valence electrons. The van der Waals surface area contributed by atoms with Gasteiger partial charge in [-0.1, -0.05) is 0 Å². The average Bonchev–Trinajstić information content (AvgIpc) is 1.12. The second kappa shape index (κ2) is 14.7. The standard InChI is InChI=1S/Ca.2H2O4S.2Rb/c;2*1-5(2,3)4;;/h;2*(H2,1,2,3,4);;/q+2;;;2*+1/p-4. The molecule has 0 aromatic rings. The molecule has 0 rings (SSSR count). The molecule has 0 spiro atoms. The molecule has 0 aromatic heterocycles. The predicted molar refractivity (Wildman–Crippen MR) is 26.7 cm³/mol. The topological polar surface area (TPSA) is 161 Å². The SMILES string of the molecule is O=S(=O)([O-])[O-].O=S(=O)([O-])[O-].[Ca+2].[Rb+].[Rb+]. The Balaban J connectivity index is -0.0000000267. The van der Waals surface area contributed by atoms with E-state index < -0.39 is 20.8 Å². The quantitative estimate of drug-likeness (QED) is 0.219. The molecule has 0 saturated heterocycles. The molecule has 0 aliphatic rings. The van der Waals surface area contributed by atoms with E-state index in [1.54, 1.807) is 0 Å². The molecule has 0 bridgehead atoms. The average molecular weight is 403 g/mol. The van der Waals surface area contributed by atoms with E-state index in [1.807, 2.05) is 0 Å². The maximum Gasteiger partial charge on any atom is 2.00 e. The van der Waals surface area contributed by atoms with Gasteiger partial charge in [0.1, 0.15) is 0 Å². The molecule has 0 fully saturated rings. The van der Waals surface area contributed by atoms with Crippen molar-refractivity contribution in [3.63, 3.8) is 0 Å². The summed E-state index contributed by atoms with van der Waals surface area (Å²) in [4.78, 5) is 0. The largest absolute Gasteiger partial charge is 2.00 e. The molecule has 13 heavy (non-hydrogen) atoms. The molecule has 0 radical (unpaired) electrons. The summed E-state index contributed by atoms with van der Waals surface area (Å²) < 4.78 is 68.2. The van der Waals surface area contributed by atoms with Crippen molar-refractivity contribution in [2.75, 3.05) is 0 Å². The van der Waals surface area contributed by atoms with Crippen LogP contribution < -0.4 is 116 Å². The van der Waals surface area contributed by atoms with Gasteiger partial charge >= 0.3 is 154 Å². The summed E-state index contributed by atoms with van der Waals surface area (Å²) in [5.41, 5.74) is 0. The van der Waals surface area contributed by atoms with Crippen LogP contribution in [0.4, 0.5) is 0 Å². The molecule has 0 atom stereocenters. The van der Waals surface area contributed by atoms with E-state index in [0.717, 1.165) is 0 Å². The first-order valence-electron chi connectivity index (χ1n) is 1.33. The van der Waals surface area contributed by atoms with Crippen molar-refractivity contribution in [1.82, 2.24) is 0 Å². The van der Waals surface area contributed by atoms with E-state index >= 15 is 0 Å². The zero-order valence-corrected chi connectivity index (χ0v) is 20.5. The summed E-state index contributed by atoms with van der Waals surface area (Å²) in [6, 6.07) is 0. The number of hydrogen-bond donors (Lipinski definition) is 0. The first-order chi connectivity index (χ1) is 4.00. The van der Waals surface area contributed by atoms with Crippen LogP contribution in [0.1, 0.15) is 0 Å². The predicted octanol–water partition coefficient (Wildman–Crippen LogP) is -9.05. The van der Waals surface area contributed by atoms with Gasteiger partial charge in [0, 0.05) is 20.8 Å². The van der Waals surface area contributed by atoms with Crippen molar-refractivity contribution in [3.8, 4) is 0 Å². The molecule has 0 amide bonds. The molecular weight excluding hydrogens is 403 g/mol. The molecule has 0 saturated carbocycles. The number of rotatable bonds is 0. The van der Waals surface area contributed by atoms with Gasteiger partial charge < -0.3 is 18.2 Å². The molecule has 0 unspecified atom stereocenters. The fourth-order valence-electron chi connectivity index (χ4n) is 0. The molecule has 0 aliphatic carbocycles. The van der Waals surface area contributed by atoms with Crippen LogP contribution >= 0.6 is 0 Å². The Morgan fingerprint density at radius 1 is 0.615 bits per heavy atom. The fourth-order valence-corrected chi connectivity index (χ4v) is 0. The van der Waals surface area contributed by atoms with Gasteiger partial charge in [-0.3, -0.25) is 16.8 Å². The molecule has 0 aromatic carbocycles. The van der Waals surface area contributed by atoms with Gasteiger partial charge in [-0.25, -0.2) is 0 Å². The minimum Gasteiger partial charge on any atom is -0.759 e. The molecule has 13 heteroatoms. The Labute approximate surface area is 203 Å². The number of hydrogen-bond acceptors (Lipinski definition) is 8. The van der Waals surface area contributed by atoms with Gasteiger partial charge in [0.15, 0.2) is 0 Å². The summed E-state index contributed by atoms with van der Waals surface area (Å²) in [6.07, 6.45) is 0.